The molecule has 2 aromatic carbocycles. The second-order valence-electron chi connectivity index (χ2n) is 7.95. The summed E-state index contributed by atoms with van der Waals surface area (Å²) in [5, 5.41) is 12.3. The van der Waals surface area contributed by atoms with Crippen molar-refractivity contribution in [2.45, 2.75) is 44.9 Å². The van der Waals surface area contributed by atoms with Gasteiger partial charge in [0.15, 0.2) is 0 Å². The first-order valence-electron chi connectivity index (χ1n) is 9.26. The van der Waals surface area contributed by atoms with E-state index < -0.39 is 36.1 Å². The molecule has 2 aromatic rings. The first-order chi connectivity index (χ1) is 13.1. The average molecular weight is 385 g/mol. The first-order valence-corrected chi connectivity index (χ1v) is 9.26. The Labute approximate surface area is 165 Å². The molecule has 1 saturated heterocycles. The summed E-state index contributed by atoms with van der Waals surface area (Å²) in [6, 6.07) is 12.7. The van der Waals surface area contributed by atoms with Crippen LogP contribution in [0.5, 0.6) is 0 Å². The molecule has 1 aliphatic rings. The Morgan fingerprint density at radius 2 is 1.71 bits per heavy atom. The van der Waals surface area contributed by atoms with Crippen LogP contribution in [0.3, 0.4) is 0 Å². The Balaban J connectivity index is 1.76. The molecule has 0 aliphatic carbocycles. The summed E-state index contributed by atoms with van der Waals surface area (Å²) in [7, 11) is -0.703. The van der Waals surface area contributed by atoms with Gasteiger partial charge in [-0.2, -0.15) is 0 Å². The molecule has 28 heavy (non-hydrogen) atoms. The average Bonchev–Trinajstić information content (AvgIpc) is 2.87. The van der Waals surface area contributed by atoms with Crippen molar-refractivity contribution in [1.82, 2.24) is 5.32 Å². The highest BCUT2D eigenvalue weighted by molar-refractivity contribution is 6.62. The zero-order chi connectivity index (χ0) is 20.5. The molecule has 1 atom stereocenters. The predicted octanol–water partition coefficient (Wildman–Crippen LogP) is 2.59. The van der Waals surface area contributed by atoms with Gasteiger partial charge in [-0.05, 0) is 50.9 Å². The molecule has 2 N–H and O–H groups in total. The fourth-order valence-corrected chi connectivity index (χ4v) is 3.00. The largest absolute Gasteiger partial charge is 0.494 e. The van der Waals surface area contributed by atoms with Crippen molar-refractivity contribution >= 4 is 18.5 Å². The van der Waals surface area contributed by atoms with Crippen molar-refractivity contribution in [2.24, 2.45) is 0 Å². The number of carbonyl (C=O) groups excluding carboxylic acids is 1. The van der Waals surface area contributed by atoms with Crippen molar-refractivity contribution in [3.05, 3.63) is 65.5 Å². The van der Waals surface area contributed by atoms with Crippen LogP contribution in [0.1, 0.15) is 49.7 Å². The van der Waals surface area contributed by atoms with E-state index in [1.165, 1.54) is 12.1 Å². The van der Waals surface area contributed by atoms with Crippen molar-refractivity contribution in [3.63, 3.8) is 0 Å². The molecule has 5 nitrogen and oxygen atoms in total. The highest BCUT2D eigenvalue weighted by Crippen LogP contribution is 2.36. The lowest BCUT2D eigenvalue weighted by atomic mass is 9.78. The normalized spacial score (nSPS) is 18.7. The number of aliphatic hydroxyl groups excluding tert-OH is 1. The summed E-state index contributed by atoms with van der Waals surface area (Å²) in [6.07, 6.45) is 0. The van der Waals surface area contributed by atoms with Gasteiger partial charge in [-0.1, -0.05) is 36.4 Å². The molecule has 1 heterocycles. The highest BCUT2D eigenvalue weighted by atomic mass is 19.1. The van der Waals surface area contributed by atoms with Gasteiger partial charge >= 0.3 is 7.12 Å². The van der Waals surface area contributed by atoms with Gasteiger partial charge in [0, 0.05) is 0 Å². The smallest absolute Gasteiger partial charge is 0.399 e. The summed E-state index contributed by atoms with van der Waals surface area (Å²) in [5.41, 5.74) is 0.0827. The van der Waals surface area contributed by atoms with E-state index in [4.69, 9.17) is 9.31 Å². The minimum absolute atomic E-state index is 0.102. The van der Waals surface area contributed by atoms with Crippen molar-refractivity contribution < 1.29 is 23.6 Å². The SMILES string of the molecule is CC1(C)OB(c2ccc(C(=O)NC(CO)c3ccccc3)c(F)c2)OC1(C)C. The lowest BCUT2D eigenvalue weighted by molar-refractivity contribution is 0.00578. The van der Waals surface area contributed by atoms with E-state index in [0.717, 1.165) is 5.56 Å². The fourth-order valence-electron chi connectivity index (χ4n) is 3.00. The lowest BCUT2D eigenvalue weighted by Crippen LogP contribution is -2.41. The maximum Gasteiger partial charge on any atom is 0.494 e. The third kappa shape index (κ3) is 3.97. The van der Waals surface area contributed by atoms with E-state index in [0.29, 0.717) is 5.46 Å². The van der Waals surface area contributed by atoms with E-state index in [1.54, 1.807) is 18.2 Å². The van der Waals surface area contributed by atoms with Crippen molar-refractivity contribution in [2.75, 3.05) is 6.61 Å². The van der Waals surface area contributed by atoms with Crippen LogP contribution in [0.15, 0.2) is 48.5 Å². The standard InChI is InChI=1S/C21H25BFNO4/c1-20(2)21(3,4)28-22(27-20)15-10-11-16(17(23)12-15)19(26)24-18(13-25)14-8-6-5-7-9-14/h5-12,18,25H,13H2,1-4H3,(H,24,26). The minimum atomic E-state index is -0.703. The quantitative estimate of drug-likeness (QED) is 0.777. The molecule has 1 unspecified atom stereocenters. The summed E-state index contributed by atoms with van der Waals surface area (Å²) in [5.74, 6) is -1.27. The van der Waals surface area contributed by atoms with Crippen molar-refractivity contribution in [3.8, 4) is 0 Å². The van der Waals surface area contributed by atoms with Crippen LogP contribution in [0.25, 0.3) is 0 Å². The Bertz CT molecular complexity index is 841. The van der Waals surface area contributed by atoms with Gasteiger partial charge in [0.05, 0.1) is 29.4 Å². The van der Waals surface area contributed by atoms with Gasteiger partial charge in [0.1, 0.15) is 5.82 Å². The molecule has 1 fully saturated rings. The fraction of sp³-hybridized carbons (Fsp3) is 0.381. The monoisotopic (exact) mass is 385 g/mol. The van der Waals surface area contributed by atoms with Crippen LogP contribution >= 0.6 is 0 Å². The third-order valence-electron chi connectivity index (χ3n) is 5.45. The third-order valence-corrected chi connectivity index (χ3v) is 5.45. The first kappa shape index (κ1) is 20.5. The number of hydrogen-bond acceptors (Lipinski definition) is 4. The lowest BCUT2D eigenvalue weighted by Gasteiger charge is -2.32. The van der Waals surface area contributed by atoms with Crippen molar-refractivity contribution in [1.29, 1.82) is 0 Å². The number of benzene rings is 2. The number of carbonyl (C=O) groups is 1. The van der Waals surface area contributed by atoms with Crippen LogP contribution in [-0.4, -0.2) is 35.9 Å². The van der Waals surface area contributed by atoms with Gasteiger partial charge in [-0.3, -0.25) is 4.79 Å². The number of hydrogen-bond donors (Lipinski definition) is 2. The van der Waals surface area contributed by atoms with E-state index in [1.807, 2.05) is 45.9 Å². The zero-order valence-electron chi connectivity index (χ0n) is 16.5. The van der Waals surface area contributed by atoms with Gasteiger partial charge in [0.25, 0.3) is 5.91 Å². The molecule has 148 valence electrons. The molecule has 1 amide bonds. The van der Waals surface area contributed by atoms with Crippen LogP contribution in [0.2, 0.25) is 0 Å². The van der Waals surface area contributed by atoms with E-state index >= 15 is 0 Å². The van der Waals surface area contributed by atoms with E-state index in [-0.39, 0.29) is 12.2 Å². The minimum Gasteiger partial charge on any atom is -0.399 e. The van der Waals surface area contributed by atoms with E-state index in [9.17, 15) is 14.3 Å². The maximum atomic E-state index is 14.7. The Hall–Kier alpha value is -2.22. The number of rotatable bonds is 5. The number of aliphatic hydroxyl groups is 1. The van der Waals surface area contributed by atoms with Gasteiger partial charge < -0.3 is 19.7 Å². The molecular weight excluding hydrogens is 360 g/mol. The maximum absolute atomic E-state index is 14.7. The summed E-state index contributed by atoms with van der Waals surface area (Å²) in [6.45, 7) is 7.39. The van der Waals surface area contributed by atoms with Gasteiger partial charge in [0.2, 0.25) is 0 Å². The van der Waals surface area contributed by atoms with Crippen LogP contribution in [0, 0.1) is 5.82 Å². The number of amides is 1. The number of halogens is 1. The molecule has 1 aliphatic heterocycles. The topological polar surface area (TPSA) is 67.8 Å². The second kappa shape index (κ2) is 7.66. The summed E-state index contributed by atoms with van der Waals surface area (Å²) < 4.78 is 26.5. The summed E-state index contributed by atoms with van der Waals surface area (Å²) in [4.78, 5) is 12.5. The van der Waals surface area contributed by atoms with Gasteiger partial charge in [-0.15, -0.1) is 0 Å². The van der Waals surface area contributed by atoms with Crippen LogP contribution in [0.4, 0.5) is 4.39 Å². The molecule has 0 aromatic heterocycles. The summed E-state index contributed by atoms with van der Waals surface area (Å²) >= 11 is 0. The second-order valence-corrected chi connectivity index (χ2v) is 7.95. The zero-order valence-corrected chi connectivity index (χ0v) is 16.5. The molecule has 0 radical (unpaired) electrons. The van der Waals surface area contributed by atoms with Gasteiger partial charge in [-0.25, -0.2) is 4.39 Å². The number of nitrogens with one attached hydrogen (secondary N) is 1. The van der Waals surface area contributed by atoms with Crippen LogP contribution < -0.4 is 10.8 Å². The molecule has 7 heteroatoms. The molecular formula is C21H25BFNO4. The molecule has 0 saturated carbocycles. The highest BCUT2D eigenvalue weighted by Gasteiger charge is 2.51. The van der Waals surface area contributed by atoms with Crippen LogP contribution in [-0.2, 0) is 9.31 Å². The molecule has 0 bridgehead atoms. The molecule has 0 spiro atoms. The molecule has 3 rings (SSSR count). The Kier molecular flexibility index (Phi) is 5.61. The predicted molar refractivity (Wildman–Crippen MR) is 106 cm³/mol. The Morgan fingerprint density at radius 1 is 1.11 bits per heavy atom. The van der Waals surface area contributed by atoms with E-state index in [2.05, 4.69) is 5.32 Å². The Morgan fingerprint density at radius 3 is 2.25 bits per heavy atom.